The van der Waals surface area contributed by atoms with Gasteiger partial charge in [-0.3, -0.25) is 9.48 Å². The minimum atomic E-state index is -1.25. The number of carbonyl (C=O) groups is 1. The summed E-state index contributed by atoms with van der Waals surface area (Å²) < 4.78 is 1.57. The molecule has 3 N–H and O–H groups in total. The summed E-state index contributed by atoms with van der Waals surface area (Å²) in [4.78, 5) is 10.6. The van der Waals surface area contributed by atoms with Crippen molar-refractivity contribution in [2.24, 2.45) is 12.8 Å². The largest absolute Gasteiger partial charge is 0.378 e. The third kappa shape index (κ3) is 1.31. The van der Waals surface area contributed by atoms with Crippen LogP contribution in [0.25, 0.3) is 0 Å². The number of hydrogen-bond donors (Lipinski definition) is 2. The van der Waals surface area contributed by atoms with Gasteiger partial charge in [0, 0.05) is 18.3 Å². The van der Waals surface area contributed by atoms with E-state index in [1.165, 1.54) is 6.20 Å². The summed E-state index contributed by atoms with van der Waals surface area (Å²) in [7, 11) is 1.73. The molecule has 1 aromatic heterocycles. The second-order valence-corrected chi connectivity index (χ2v) is 2.61. The van der Waals surface area contributed by atoms with Gasteiger partial charge >= 0.3 is 0 Å². The first-order chi connectivity index (χ1) is 5.54. The molecule has 0 aliphatic carbocycles. The van der Waals surface area contributed by atoms with Crippen LogP contribution in [0.1, 0.15) is 17.4 Å². The molecule has 0 saturated carbocycles. The monoisotopic (exact) mass is 169 g/mol. The van der Waals surface area contributed by atoms with Crippen LogP contribution in [-0.4, -0.2) is 20.8 Å². The van der Waals surface area contributed by atoms with E-state index in [0.717, 1.165) is 5.69 Å². The molecule has 0 aliphatic rings. The highest BCUT2D eigenvalue weighted by Gasteiger charge is 2.18. The van der Waals surface area contributed by atoms with Crippen LogP contribution in [0.2, 0.25) is 0 Å². The van der Waals surface area contributed by atoms with E-state index < -0.39 is 12.0 Å². The molecule has 5 heteroatoms. The highest BCUT2D eigenvalue weighted by molar-refractivity contribution is 5.80. The van der Waals surface area contributed by atoms with E-state index >= 15 is 0 Å². The van der Waals surface area contributed by atoms with Gasteiger partial charge < -0.3 is 10.8 Å². The highest BCUT2D eigenvalue weighted by atomic mass is 16.3. The minimum Gasteiger partial charge on any atom is -0.378 e. The molecule has 1 amide bonds. The predicted octanol–water partition coefficient (Wildman–Crippen LogP) is -0.753. The van der Waals surface area contributed by atoms with Gasteiger partial charge in [0.1, 0.15) is 0 Å². The smallest absolute Gasteiger partial charge is 0.251 e. The highest BCUT2D eigenvalue weighted by Crippen LogP contribution is 2.15. The fraction of sp³-hybridized carbons (Fsp3) is 0.429. The fourth-order valence-corrected chi connectivity index (χ4v) is 0.937. The van der Waals surface area contributed by atoms with E-state index in [0.29, 0.717) is 5.56 Å². The third-order valence-corrected chi connectivity index (χ3v) is 1.84. The minimum absolute atomic E-state index is 0.463. The van der Waals surface area contributed by atoms with Gasteiger partial charge in [-0.15, -0.1) is 0 Å². The van der Waals surface area contributed by atoms with E-state index in [2.05, 4.69) is 5.10 Å². The Morgan fingerprint density at radius 3 is 2.75 bits per heavy atom. The number of primary amides is 1. The molecular formula is C7H11N3O2. The molecule has 0 saturated heterocycles. The normalized spacial score (nSPS) is 12.9. The molecule has 0 fully saturated rings. The maximum atomic E-state index is 10.6. The lowest BCUT2D eigenvalue weighted by atomic mass is 10.1. The van der Waals surface area contributed by atoms with Crippen molar-refractivity contribution in [2.75, 3.05) is 0 Å². The number of amides is 1. The molecule has 1 heterocycles. The lowest BCUT2D eigenvalue weighted by molar-refractivity contribution is -0.126. The number of rotatable bonds is 2. The molecular weight excluding hydrogens is 158 g/mol. The molecule has 0 aromatic carbocycles. The molecule has 0 radical (unpaired) electrons. The number of nitrogens with two attached hydrogens (primary N) is 1. The fourth-order valence-electron chi connectivity index (χ4n) is 0.937. The van der Waals surface area contributed by atoms with Crippen molar-refractivity contribution in [3.05, 3.63) is 17.5 Å². The maximum Gasteiger partial charge on any atom is 0.251 e. The number of aliphatic hydroxyl groups is 1. The Morgan fingerprint density at radius 2 is 2.42 bits per heavy atom. The Bertz CT molecular complexity index is 306. The van der Waals surface area contributed by atoms with E-state index in [-0.39, 0.29) is 0 Å². The van der Waals surface area contributed by atoms with Crippen LogP contribution in [-0.2, 0) is 11.8 Å². The first-order valence-electron chi connectivity index (χ1n) is 3.50. The average Bonchev–Trinajstić information content (AvgIpc) is 2.32. The zero-order chi connectivity index (χ0) is 9.30. The number of aromatic nitrogens is 2. The zero-order valence-corrected chi connectivity index (χ0v) is 6.98. The molecule has 0 spiro atoms. The Kier molecular flexibility index (Phi) is 2.14. The van der Waals surface area contributed by atoms with Crippen molar-refractivity contribution in [2.45, 2.75) is 13.0 Å². The van der Waals surface area contributed by atoms with Crippen LogP contribution < -0.4 is 5.73 Å². The number of aryl methyl sites for hydroxylation is 1. The number of aliphatic hydroxyl groups excluding tert-OH is 1. The van der Waals surface area contributed by atoms with Crippen molar-refractivity contribution < 1.29 is 9.90 Å². The Morgan fingerprint density at radius 1 is 1.83 bits per heavy atom. The number of hydrogen-bond acceptors (Lipinski definition) is 3. The van der Waals surface area contributed by atoms with E-state index in [4.69, 9.17) is 5.73 Å². The number of nitrogens with zero attached hydrogens (tertiary/aromatic N) is 2. The molecule has 0 aliphatic heterocycles. The summed E-state index contributed by atoms with van der Waals surface area (Å²) in [5.74, 6) is -0.758. The summed E-state index contributed by atoms with van der Waals surface area (Å²) in [6.07, 6.45) is 0.184. The summed E-state index contributed by atoms with van der Waals surface area (Å²) >= 11 is 0. The third-order valence-electron chi connectivity index (χ3n) is 1.84. The van der Waals surface area contributed by atoms with E-state index in [1.54, 1.807) is 18.7 Å². The Labute approximate surface area is 69.8 Å². The van der Waals surface area contributed by atoms with Gasteiger partial charge in [0.15, 0.2) is 6.10 Å². The first kappa shape index (κ1) is 8.73. The first-order valence-corrected chi connectivity index (χ1v) is 3.50. The summed E-state index contributed by atoms with van der Waals surface area (Å²) in [5.41, 5.74) is 6.12. The van der Waals surface area contributed by atoms with Crippen molar-refractivity contribution in [1.29, 1.82) is 0 Å². The summed E-state index contributed by atoms with van der Waals surface area (Å²) in [5, 5.41) is 13.1. The molecule has 1 unspecified atom stereocenters. The van der Waals surface area contributed by atoms with Gasteiger partial charge in [-0.1, -0.05) is 0 Å². The van der Waals surface area contributed by atoms with Crippen molar-refractivity contribution in [1.82, 2.24) is 9.78 Å². The van der Waals surface area contributed by atoms with Crippen LogP contribution in [0.4, 0.5) is 0 Å². The average molecular weight is 169 g/mol. The molecule has 0 bridgehead atoms. The van der Waals surface area contributed by atoms with Crippen LogP contribution in [0.5, 0.6) is 0 Å². The SMILES string of the molecule is Cc1c(C(O)C(N)=O)cnn1C. The molecule has 5 nitrogen and oxygen atoms in total. The van der Waals surface area contributed by atoms with E-state index in [9.17, 15) is 9.90 Å². The molecule has 1 aromatic rings. The predicted molar refractivity (Wildman–Crippen MR) is 42.1 cm³/mol. The van der Waals surface area contributed by atoms with Gasteiger partial charge in [-0.25, -0.2) is 0 Å². The van der Waals surface area contributed by atoms with Gasteiger partial charge in [-0.2, -0.15) is 5.10 Å². The van der Waals surface area contributed by atoms with Crippen LogP contribution in [0.15, 0.2) is 6.20 Å². The Hall–Kier alpha value is -1.36. The van der Waals surface area contributed by atoms with Crippen molar-refractivity contribution in [3.63, 3.8) is 0 Å². The maximum absolute atomic E-state index is 10.6. The Balaban J connectivity index is 3.03. The quantitative estimate of drug-likeness (QED) is 0.611. The van der Waals surface area contributed by atoms with Gasteiger partial charge in [0.2, 0.25) is 0 Å². The molecule has 12 heavy (non-hydrogen) atoms. The van der Waals surface area contributed by atoms with E-state index in [1.807, 2.05) is 0 Å². The zero-order valence-electron chi connectivity index (χ0n) is 6.98. The number of carbonyl (C=O) groups excluding carboxylic acids is 1. The standard InChI is InChI=1S/C7H11N3O2/c1-4-5(3-9-10(4)2)6(11)7(8)12/h3,6,11H,1-2H3,(H2,8,12). The van der Waals surface area contributed by atoms with Crippen molar-refractivity contribution >= 4 is 5.91 Å². The molecule has 1 atom stereocenters. The van der Waals surface area contributed by atoms with Crippen LogP contribution in [0, 0.1) is 6.92 Å². The van der Waals surface area contributed by atoms with Gasteiger partial charge in [-0.05, 0) is 6.92 Å². The van der Waals surface area contributed by atoms with Crippen molar-refractivity contribution in [3.8, 4) is 0 Å². The lowest BCUT2D eigenvalue weighted by Crippen LogP contribution is -2.21. The van der Waals surface area contributed by atoms with Gasteiger partial charge in [0.05, 0.1) is 6.20 Å². The summed E-state index contributed by atoms with van der Waals surface area (Å²) in [6.45, 7) is 1.76. The molecule has 1 rings (SSSR count). The second kappa shape index (κ2) is 2.94. The molecule has 66 valence electrons. The summed E-state index contributed by atoms with van der Waals surface area (Å²) in [6, 6.07) is 0. The van der Waals surface area contributed by atoms with Gasteiger partial charge in [0.25, 0.3) is 5.91 Å². The topological polar surface area (TPSA) is 81.1 Å². The lowest BCUT2D eigenvalue weighted by Gasteiger charge is -2.04. The van der Waals surface area contributed by atoms with Crippen LogP contribution >= 0.6 is 0 Å². The van der Waals surface area contributed by atoms with Crippen LogP contribution in [0.3, 0.4) is 0 Å². The second-order valence-electron chi connectivity index (χ2n) is 2.61.